The number of carbonyl (C=O) groups excluding carboxylic acids is 1. The molecule has 0 unspecified atom stereocenters. The number of ether oxygens (including phenoxy) is 2. The average Bonchev–Trinajstić information content (AvgIpc) is 2.39. The van der Waals surface area contributed by atoms with Crippen LogP contribution >= 0.6 is 0 Å². The highest BCUT2D eigenvalue weighted by Gasteiger charge is 2.15. The molecule has 1 aliphatic heterocycles. The van der Waals surface area contributed by atoms with Crippen molar-refractivity contribution in [1.82, 2.24) is 4.90 Å². The van der Waals surface area contributed by atoms with Gasteiger partial charge in [-0.15, -0.1) is 0 Å². The standard InChI is InChI=1S/C16H31NO3/c1-14(2)5-4-6-15(3)7-10-20-16(18)13-17-8-11-19-12-9-17/h14-15H,4-13H2,1-3H3/t15-/m0/s1. The maximum atomic E-state index is 11.7. The molecule has 0 aliphatic carbocycles. The van der Waals surface area contributed by atoms with Crippen LogP contribution in [-0.2, 0) is 14.3 Å². The van der Waals surface area contributed by atoms with Gasteiger partial charge >= 0.3 is 5.97 Å². The largest absolute Gasteiger partial charge is 0.465 e. The van der Waals surface area contributed by atoms with Crippen molar-refractivity contribution in [3.8, 4) is 0 Å². The summed E-state index contributed by atoms with van der Waals surface area (Å²) in [5.74, 6) is 1.33. The van der Waals surface area contributed by atoms with Gasteiger partial charge in [-0.1, -0.05) is 40.0 Å². The third kappa shape index (κ3) is 8.54. The molecule has 0 saturated carbocycles. The summed E-state index contributed by atoms with van der Waals surface area (Å²) in [7, 11) is 0. The van der Waals surface area contributed by atoms with E-state index in [9.17, 15) is 4.79 Å². The van der Waals surface area contributed by atoms with Crippen LogP contribution in [0.5, 0.6) is 0 Å². The number of esters is 1. The molecule has 1 saturated heterocycles. The van der Waals surface area contributed by atoms with E-state index in [1.165, 1.54) is 19.3 Å². The topological polar surface area (TPSA) is 38.8 Å². The number of nitrogens with zero attached hydrogens (tertiary/aromatic N) is 1. The Hall–Kier alpha value is -0.610. The summed E-state index contributed by atoms with van der Waals surface area (Å²) in [5.41, 5.74) is 0. The van der Waals surface area contributed by atoms with Gasteiger partial charge in [-0.3, -0.25) is 9.69 Å². The molecule has 4 nitrogen and oxygen atoms in total. The van der Waals surface area contributed by atoms with E-state index in [2.05, 4.69) is 25.7 Å². The molecule has 0 radical (unpaired) electrons. The van der Waals surface area contributed by atoms with Crippen LogP contribution in [0.1, 0.15) is 46.5 Å². The molecule has 0 aromatic carbocycles. The SMILES string of the molecule is CC(C)CCC[C@H](C)CCOC(=O)CN1CCOCC1. The molecule has 1 heterocycles. The van der Waals surface area contributed by atoms with Crippen LogP contribution < -0.4 is 0 Å². The van der Waals surface area contributed by atoms with Crippen molar-refractivity contribution >= 4 is 5.97 Å². The molecule has 0 spiro atoms. The van der Waals surface area contributed by atoms with Crippen molar-refractivity contribution in [2.75, 3.05) is 39.5 Å². The second-order valence-corrected chi connectivity index (χ2v) is 6.33. The van der Waals surface area contributed by atoms with Gasteiger partial charge in [0, 0.05) is 13.1 Å². The second kappa shape index (κ2) is 10.2. The van der Waals surface area contributed by atoms with Crippen LogP contribution in [0.3, 0.4) is 0 Å². The molecule has 0 N–H and O–H groups in total. The fourth-order valence-electron chi connectivity index (χ4n) is 2.38. The lowest BCUT2D eigenvalue weighted by Crippen LogP contribution is -2.40. The zero-order chi connectivity index (χ0) is 14.8. The van der Waals surface area contributed by atoms with E-state index in [1.54, 1.807) is 0 Å². The van der Waals surface area contributed by atoms with E-state index in [1.807, 2.05) is 0 Å². The van der Waals surface area contributed by atoms with Gasteiger partial charge in [0.1, 0.15) is 0 Å². The van der Waals surface area contributed by atoms with Gasteiger partial charge < -0.3 is 9.47 Å². The van der Waals surface area contributed by atoms with Crippen molar-refractivity contribution in [2.45, 2.75) is 46.5 Å². The van der Waals surface area contributed by atoms with Crippen LogP contribution in [0.25, 0.3) is 0 Å². The quantitative estimate of drug-likeness (QED) is 0.611. The summed E-state index contributed by atoms with van der Waals surface area (Å²) in [6, 6.07) is 0. The molecule has 0 aromatic rings. The normalized spacial score (nSPS) is 18.2. The molecular formula is C16H31NO3. The zero-order valence-electron chi connectivity index (χ0n) is 13.4. The third-order valence-corrected chi connectivity index (χ3v) is 3.81. The number of hydrogen-bond acceptors (Lipinski definition) is 4. The third-order valence-electron chi connectivity index (χ3n) is 3.81. The van der Waals surface area contributed by atoms with E-state index in [4.69, 9.17) is 9.47 Å². The van der Waals surface area contributed by atoms with E-state index in [-0.39, 0.29) is 5.97 Å². The molecular weight excluding hydrogens is 254 g/mol. The van der Waals surface area contributed by atoms with Crippen molar-refractivity contribution in [3.05, 3.63) is 0 Å². The van der Waals surface area contributed by atoms with Gasteiger partial charge in [0.25, 0.3) is 0 Å². The molecule has 1 rings (SSSR count). The molecule has 0 bridgehead atoms. The fraction of sp³-hybridized carbons (Fsp3) is 0.938. The van der Waals surface area contributed by atoms with E-state index in [0.717, 1.165) is 38.6 Å². The monoisotopic (exact) mass is 285 g/mol. The Bertz CT molecular complexity index is 262. The van der Waals surface area contributed by atoms with Crippen LogP contribution in [0, 0.1) is 11.8 Å². The minimum Gasteiger partial charge on any atom is -0.465 e. The van der Waals surface area contributed by atoms with Gasteiger partial charge in [0.05, 0.1) is 26.4 Å². The lowest BCUT2D eigenvalue weighted by molar-refractivity contribution is -0.146. The van der Waals surface area contributed by atoms with E-state index in [0.29, 0.717) is 19.1 Å². The lowest BCUT2D eigenvalue weighted by Gasteiger charge is -2.25. The summed E-state index contributed by atoms with van der Waals surface area (Å²) in [4.78, 5) is 13.8. The van der Waals surface area contributed by atoms with Crippen LogP contribution in [0.4, 0.5) is 0 Å². The van der Waals surface area contributed by atoms with Crippen molar-refractivity contribution in [1.29, 1.82) is 0 Å². The van der Waals surface area contributed by atoms with Crippen LogP contribution in [0.15, 0.2) is 0 Å². The van der Waals surface area contributed by atoms with Gasteiger partial charge in [-0.2, -0.15) is 0 Å². The summed E-state index contributed by atoms with van der Waals surface area (Å²) in [5, 5.41) is 0. The summed E-state index contributed by atoms with van der Waals surface area (Å²) in [6.07, 6.45) is 4.79. The summed E-state index contributed by atoms with van der Waals surface area (Å²) in [6.45, 7) is 10.9. The Kier molecular flexibility index (Phi) is 8.86. The van der Waals surface area contributed by atoms with Gasteiger partial charge in [0.2, 0.25) is 0 Å². The molecule has 1 atom stereocenters. The first-order chi connectivity index (χ1) is 9.58. The van der Waals surface area contributed by atoms with Gasteiger partial charge in [-0.25, -0.2) is 0 Å². The van der Waals surface area contributed by atoms with E-state index >= 15 is 0 Å². The molecule has 20 heavy (non-hydrogen) atoms. The molecule has 1 aliphatic rings. The molecule has 118 valence electrons. The first kappa shape index (κ1) is 17.4. The maximum Gasteiger partial charge on any atom is 0.320 e. The lowest BCUT2D eigenvalue weighted by atomic mass is 9.98. The minimum absolute atomic E-state index is 0.0960. The second-order valence-electron chi connectivity index (χ2n) is 6.33. The predicted octanol–water partition coefficient (Wildman–Crippen LogP) is 2.71. The zero-order valence-corrected chi connectivity index (χ0v) is 13.4. The summed E-state index contributed by atoms with van der Waals surface area (Å²) < 4.78 is 10.6. The van der Waals surface area contributed by atoms with Crippen molar-refractivity contribution < 1.29 is 14.3 Å². The Morgan fingerprint density at radius 3 is 2.50 bits per heavy atom. The highest BCUT2D eigenvalue weighted by atomic mass is 16.5. The smallest absolute Gasteiger partial charge is 0.320 e. The molecule has 0 aromatic heterocycles. The number of hydrogen-bond donors (Lipinski definition) is 0. The molecule has 4 heteroatoms. The molecule has 1 fully saturated rings. The fourth-order valence-corrected chi connectivity index (χ4v) is 2.38. The van der Waals surface area contributed by atoms with Gasteiger partial charge in [-0.05, 0) is 18.3 Å². The van der Waals surface area contributed by atoms with Crippen LogP contribution in [-0.4, -0.2) is 50.3 Å². The Balaban J connectivity index is 2.00. The maximum absolute atomic E-state index is 11.7. The van der Waals surface area contributed by atoms with E-state index < -0.39 is 0 Å². The summed E-state index contributed by atoms with van der Waals surface area (Å²) >= 11 is 0. The van der Waals surface area contributed by atoms with Crippen molar-refractivity contribution in [2.24, 2.45) is 11.8 Å². The van der Waals surface area contributed by atoms with Gasteiger partial charge in [0.15, 0.2) is 0 Å². The predicted molar refractivity (Wildman–Crippen MR) is 80.7 cm³/mol. The number of carbonyl (C=O) groups is 1. The first-order valence-corrected chi connectivity index (χ1v) is 8.03. The highest BCUT2D eigenvalue weighted by Crippen LogP contribution is 2.15. The Morgan fingerprint density at radius 2 is 1.85 bits per heavy atom. The first-order valence-electron chi connectivity index (χ1n) is 8.03. The number of rotatable bonds is 9. The number of morpholine rings is 1. The Labute approximate surface area is 123 Å². The van der Waals surface area contributed by atoms with Crippen LogP contribution in [0.2, 0.25) is 0 Å². The molecule has 0 amide bonds. The minimum atomic E-state index is -0.0960. The Morgan fingerprint density at radius 1 is 1.15 bits per heavy atom. The van der Waals surface area contributed by atoms with Crippen molar-refractivity contribution in [3.63, 3.8) is 0 Å². The highest BCUT2D eigenvalue weighted by molar-refractivity contribution is 5.71. The average molecular weight is 285 g/mol.